The van der Waals surface area contributed by atoms with Gasteiger partial charge in [0.1, 0.15) is 0 Å². The second-order valence-electron chi connectivity index (χ2n) is 3.81. The average molecular weight is 209 g/mol. The molecule has 0 fully saturated rings. The molecule has 1 aromatic heterocycles. The summed E-state index contributed by atoms with van der Waals surface area (Å²) in [5.41, 5.74) is 2.33. The average Bonchev–Trinajstić information content (AvgIpc) is 2.38. The van der Waals surface area contributed by atoms with Crippen molar-refractivity contribution < 1.29 is 0 Å². The molecule has 0 radical (unpaired) electrons. The lowest BCUT2D eigenvalue weighted by Gasteiger charge is -2.05. The highest BCUT2D eigenvalue weighted by molar-refractivity contribution is 5.46. The van der Waals surface area contributed by atoms with E-state index >= 15 is 0 Å². The van der Waals surface area contributed by atoms with E-state index in [4.69, 9.17) is 0 Å². The van der Waals surface area contributed by atoms with Crippen LogP contribution in [0.15, 0.2) is 60.8 Å². The van der Waals surface area contributed by atoms with Crippen molar-refractivity contribution in [3.05, 3.63) is 72.1 Å². The van der Waals surface area contributed by atoms with E-state index in [1.54, 1.807) is 0 Å². The molecule has 1 heteroatoms. The summed E-state index contributed by atoms with van der Waals surface area (Å²) in [6.45, 7) is 2.19. The van der Waals surface area contributed by atoms with Gasteiger partial charge in [-0.15, -0.1) is 0 Å². The Kier molecular flexibility index (Phi) is 3.50. The number of hydrogen-bond donors (Lipinski definition) is 0. The fraction of sp³-hybridized carbons (Fsp3) is 0.133. The first-order valence-electron chi connectivity index (χ1n) is 5.50. The third-order valence-electron chi connectivity index (χ3n) is 2.57. The Morgan fingerprint density at radius 1 is 1.00 bits per heavy atom. The van der Waals surface area contributed by atoms with Gasteiger partial charge in [-0.3, -0.25) is 4.98 Å². The van der Waals surface area contributed by atoms with E-state index in [9.17, 15) is 0 Å². The smallest absolute Gasteiger partial charge is 0.0626 e. The van der Waals surface area contributed by atoms with E-state index in [0.29, 0.717) is 5.92 Å². The topological polar surface area (TPSA) is 12.9 Å². The summed E-state index contributed by atoms with van der Waals surface area (Å²) >= 11 is 0. The third-order valence-corrected chi connectivity index (χ3v) is 2.57. The molecule has 0 bridgehead atoms. The Morgan fingerprint density at radius 2 is 1.75 bits per heavy atom. The van der Waals surface area contributed by atoms with Gasteiger partial charge in [-0.2, -0.15) is 0 Å². The Morgan fingerprint density at radius 3 is 2.44 bits per heavy atom. The number of nitrogens with zero attached hydrogens (tertiary/aromatic N) is 1. The highest BCUT2D eigenvalue weighted by Crippen LogP contribution is 2.16. The molecule has 0 amide bonds. The number of rotatable bonds is 3. The largest absolute Gasteiger partial charge is 0.257 e. The molecule has 1 aromatic carbocycles. The van der Waals surface area contributed by atoms with Crippen molar-refractivity contribution in [2.45, 2.75) is 12.8 Å². The molecule has 2 rings (SSSR count). The van der Waals surface area contributed by atoms with Crippen LogP contribution in [0.5, 0.6) is 0 Å². The van der Waals surface area contributed by atoms with Crippen LogP contribution in [0.25, 0.3) is 6.08 Å². The van der Waals surface area contributed by atoms with Gasteiger partial charge in [0.25, 0.3) is 0 Å². The van der Waals surface area contributed by atoms with Crippen LogP contribution in [0.4, 0.5) is 0 Å². The second kappa shape index (κ2) is 5.26. The molecule has 0 aliphatic heterocycles. The fourth-order valence-electron chi connectivity index (χ4n) is 1.59. The van der Waals surface area contributed by atoms with Crippen LogP contribution in [0.1, 0.15) is 24.1 Å². The molecule has 0 unspecified atom stereocenters. The Bertz CT molecular complexity index is 445. The van der Waals surface area contributed by atoms with E-state index in [0.717, 1.165) is 5.69 Å². The zero-order chi connectivity index (χ0) is 11.2. The lowest BCUT2D eigenvalue weighted by atomic mass is 10.0. The van der Waals surface area contributed by atoms with E-state index in [1.807, 2.05) is 30.5 Å². The summed E-state index contributed by atoms with van der Waals surface area (Å²) in [5.74, 6) is 0.420. The first-order chi connectivity index (χ1) is 7.86. The van der Waals surface area contributed by atoms with E-state index in [-0.39, 0.29) is 0 Å². The van der Waals surface area contributed by atoms with E-state index < -0.39 is 0 Å². The highest BCUT2D eigenvalue weighted by atomic mass is 14.6. The predicted molar refractivity (Wildman–Crippen MR) is 68.1 cm³/mol. The molecule has 0 N–H and O–H groups in total. The maximum Gasteiger partial charge on any atom is 0.0626 e. The van der Waals surface area contributed by atoms with Gasteiger partial charge < -0.3 is 0 Å². The van der Waals surface area contributed by atoms with Crippen LogP contribution in [-0.2, 0) is 0 Å². The first-order valence-corrected chi connectivity index (χ1v) is 5.50. The van der Waals surface area contributed by atoms with Crippen molar-refractivity contribution in [3.8, 4) is 0 Å². The Hall–Kier alpha value is -1.89. The molecule has 0 saturated carbocycles. The van der Waals surface area contributed by atoms with Crippen LogP contribution in [0, 0.1) is 0 Å². The number of benzene rings is 1. The van der Waals surface area contributed by atoms with Gasteiger partial charge in [0.2, 0.25) is 0 Å². The molecular formula is C15H15N. The van der Waals surface area contributed by atoms with Crippen molar-refractivity contribution in [2.75, 3.05) is 0 Å². The molecule has 1 atom stereocenters. The first kappa shape index (κ1) is 10.6. The van der Waals surface area contributed by atoms with Crippen molar-refractivity contribution >= 4 is 6.08 Å². The van der Waals surface area contributed by atoms with Crippen molar-refractivity contribution in [2.24, 2.45) is 0 Å². The lowest BCUT2D eigenvalue weighted by Crippen LogP contribution is -1.88. The predicted octanol–water partition coefficient (Wildman–Crippen LogP) is 3.90. The molecule has 0 aliphatic carbocycles. The Balaban J connectivity index is 2.08. The SMILES string of the molecule is C[C@H](/C=C/c1ccccn1)c1ccccc1. The minimum atomic E-state index is 0.420. The normalized spacial score (nSPS) is 12.8. The van der Waals surface area contributed by atoms with Crippen LogP contribution in [0.3, 0.4) is 0 Å². The molecule has 0 saturated heterocycles. The van der Waals surface area contributed by atoms with Crippen LogP contribution >= 0.6 is 0 Å². The van der Waals surface area contributed by atoms with Gasteiger partial charge in [0, 0.05) is 6.20 Å². The van der Waals surface area contributed by atoms with Crippen molar-refractivity contribution in [1.29, 1.82) is 0 Å². The summed E-state index contributed by atoms with van der Waals surface area (Å²) in [5, 5.41) is 0. The lowest BCUT2D eigenvalue weighted by molar-refractivity contribution is 0.972. The summed E-state index contributed by atoms with van der Waals surface area (Å²) in [6.07, 6.45) is 6.06. The number of pyridine rings is 1. The minimum absolute atomic E-state index is 0.420. The van der Waals surface area contributed by atoms with Gasteiger partial charge in [0.15, 0.2) is 0 Å². The molecule has 2 aromatic rings. The van der Waals surface area contributed by atoms with Gasteiger partial charge in [0.05, 0.1) is 5.69 Å². The van der Waals surface area contributed by atoms with E-state index in [2.05, 4.69) is 48.3 Å². The minimum Gasteiger partial charge on any atom is -0.257 e. The monoisotopic (exact) mass is 209 g/mol. The molecule has 0 spiro atoms. The molecule has 1 nitrogen and oxygen atoms in total. The summed E-state index contributed by atoms with van der Waals surface area (Å²) in [6, 6.07) is 16.4. The zero-order valence-electron chi connectivity index (χ0n) is 9.38. The van der Waals surface area contributed by atoms with E-state index in [1.165, 1.54) is 5.56 Å². The summed E-state index contributed by atoms with van der Waals surface area (Å²) in [4.78, 5) is 4.26. The van der Waals surface area contributed by atoms with Gasteiger partial charge >= 0.3 is 0 Å². The maximum absolute atomic E-state index is 4.26. The van der Waals surface area contributed by atoms with Crippen molar-refractivity contribution in [3.63, 3.8) is 0 Å². The maximum atomic E-state index is 4.26. The zero-order valence-corrected chi connectivity index (χ0v) is 9.38. The van der Waals surface area contributed by atoms with Crippen LogP contribution < -0.4 is 0 Å². The Labute approximate surface area is 96.5 Å². The number of aromatic nitrogens is 1. The third kappa shape index (κ3) is 2.80. The van der Waals surface area contributed by atoms with Gasteiger partial charge in [-0.25, -0.2) is 0 Å². The van der Waals surface area contributed by atoms with Crippen LogP contribution in [0.2, 0.25) is 0 Å². The van der Waals surface area contributed by atoms with Gasteiger partial charge in [-0.1, -0.05) is 49.4 Å². The quantitative estimate of drug-likeness (QED) is 0.747. The van der Waals surface area contributed by atoms with Crippen LogP contribution in [-0.4, -0.2) is 4.98 Å². The standard InChI is InChI=1S/C15H15N/c1-13(14-7-3-2-4-8-14)10-11-15-9-5-6-12-16-15/h2-13H,1H3/b11-10+/t13-/m1/s1. The number of allylic oxidation sites excluding steroid dienone is 1. The second-order valence-corrected chi connectivity index (χ2v) is 3.81. The summed E-state index contributed by atoms with van der Waals surface area (Å²) < 4.78 is 0. The molecular weight excluding hydrogens is 194 g/mol. The van der Waals surface area contributed by atoms with Gasteiger partial charge in [-0.05, 0) is 29.7 Å². The molecule has 0 aliphatic rings. The molecule has 1 heterocycles. The number of hydrogen-bond acceptors (Lipinski definition) is 1. The van der Waals surface area contributed by atoms with Crippen molar-refractivity contribution in [1.82, 2.24) is 4.98 Å². The molecule has 16 heavy (non-hydrogen) atoms. The fourth-order valence-corrected chi connectivity index (χ4v) is 1.59. The highest BCUT2D eigenvalue weighted by Gasteiger charge is 1.99. The summed E-state index contributed by atoms with van der Waals surface area (Å²) in [7, 11) is 0. The molecule has 80 valence electrons.